The molecular weight excluding hydrogens is 308 g/mol. The van der Waals surface area contributed by atoms with Gasteiger partial charge in [0.25, 0.3) is 0 Å². The molecule has 2 N–H and O–H groups in total. The molecule has 0 aromatic carbocycles. The average Bonchev–Trinajstić information content (AvgIpc) is 3.20. The van der Waals surface area contributed by atoms with Crippen LogP contribution in [0.25, 0.3) is 0 Å². The van der Waals surface area contributed by atoms with E-state index in [-0.39, 0.29) is 23.7 Å². The molecule has 1 saturated heterocycles. The molecular formula is C17H30N4O3. The van der Waals surface area contributed by atoms with Crippen LogP contribution in [0, 0.1) is 11.8 Å². The van der Waals surface area contributed by atoms with Crippen molar-refractivity contribution in [1.82, 2.24) is 15.5 Å². The summed E-state index contributed by atoms with van der Waals surface area (Å²) in [6, 6.07) is 0.358. The van der Waals surface area contributed by atoms with Crippen LogP contribution in [0.4, 0.5) is 0 Å². The molecule has 1 amide bonds. The van der Waals surface area contributed by atoms with Crippen LogP contribution in [0.2, 0.25) is 0 Å². The standard InChI is InChI=1S/C17H30N4O3/c1-12-10-21(11-14(12)16(23)24-3)17(18-2)19-9-8-15(22)20-13-6-4-5-7-13/h12-14H,4-11H2,1-3H3,(H,18,19)(H,20,22). The van der Waals surface area contributed by atoms with Crippen LogP contribution in [-0.2, 0) is 14.3 Å². The van der Waals surface area contributed by atoms with Crippen molar-refractivity contribution in [1.29, 1.82) is 0 Å². The van der Waals surface area contributed by atoms with Gasteiger partial charge in [-0.15, -0.1) is 0 Å². The molecule has 2 aliphatic rings. The lowest BCUT2D eigenvalue weighted by Gasteiger charge is -2.21. The molecule has 7 nitrogen and oxygen atoms in total. The third kappa shape index (κ3) is 4.85. The maximum atomic E-state index is 12.0. The SMILES string of the molecule is CN=C(NCCC(=O)NC1CCCC1)N1CC(C)C(C(=O)OC)C1. The molecule has 1 aliphatic heterocycles. The second-order valence-electron chi connectivity index (χ2n) is 6.78. The maximum Gasteiger partial charge on any atom is 0.310 e. The molecule has 0 aromatic rings. The molecule has 2 fully saturated rings. The highest BCUT2D eigenvalue weighted by atomic mass is 16.5. The van der Waals surface area contributed by atoms with Gasteiger partial charge in [0.15, 0.2) is 5.96 Å². The zero-order chi connectivity index (χ0) is 17.5. The predicted octanol–water partition coefficient (Wildman–Crippen LogP) is 0.752. The van der Waals surface area contributed by atoms with E-state index in [2.05, 4.69) is 20.5 Å². The number of guanidine groups is 1. The number of esters is 1. The first-order valence-corrected chi connectivity index (χ1v) is 8.88. The monoisotopic (exact) mass is 338 g/mol. The van der Waals surface area contributed by atoms with Gasteiger partial charge in [0.05, 0.1) is 13.0 Å². The third-order valence-corrected chi connectivity index (χ3v) is 4.98. The lowest BCUT2D eigenvalue weighted by Crippen LogP contribution is -2.42. The number of hydrogen-bond acceptors (Lipinski definition) is 4. The molecule has 24 heavy (non-hydrogen) atoms. The molecule has 2 rings (SSSR count). The van der Waals surface area contributed by atoms with Gasteiger partial charge in [-0.1, -0.05) is 19.8 Å². The number of carbonyl (C=O) groups is 2. The zero-order valence-corrected chi connectivity index (χ0v) is 15.0. The molecule has 2 unspecified atom stereocenters. The highest BCUT2D eigenvalue weighted by Gasteiger charge is 2.36. The number of ether oxygens (including phenoxy) is 1. The van der Waals surface area contributed by atoms with E-state index in [1.54, 1.807) is 7.05 Å². The van der Waals surface area contributed by atoms with Crippen molar-refractivity contribution >= 4 is 17.8 Å². The van der Waals surface area contributed by atoms with Crippen molar-refractivity contribution in [3.05, 3.63) is 0 Å². The molecule has 1 heterocycles. The molecule has 136 valence electrons. The number of methoxy groups -OCH3 is 1. The van der Waals surface area contributed by atoms with Crippen molar-refractivity contribution in [3.63, 3.8) is 0 Å². The molecule has 0 spiro atoms. The number of nitrogens with zero attached hydrogens (tertiary/aromatic N) is 2. The number of amides is 1. The number of likely N-dealkylation sites (tertiary alicyclic amines) is 1. The fraction of sp³-hybridized carbons (Fsp3) is 0.824. The Balaban J connectivity index is 1.74. The third-order valence-electron chi connectivity index (χ3n) is 4.98. The Bertz CT molecular complexity index is 474. The molecule has 0 bridgehead atoms. The van der Waals surface area contributed by atoms with Gasteiger partial charge in [0.2, 0.25) is 5.91 Å². The quantitative estimate of drug-likeness (QED) is 0.439. The van der Waals surface area contributed by atoms with Crippen molar-refractivity contribution in [2.75, 3.05) is 33.8 Å². The lowest BCUT2D eigenvalue weighted by atomic mass is 9.99. The van der Waals surface area contributed by atoms with Crippen LogP contribution in [0.5, 0.6) is 0 Å². The van der Waals surface area contributed by atoms with Crippen LogP contribution >= 0.6 is 0 Å². The minimum absolute atomic E-state index is 0.0899. The predicted molar refractivity (Wildman–Crippen MR) is 92.6 cm³/mol. The Morgan fingerprint density at radius 1 is 1.25 bits per heavy atom. The molecule has 0 aromatic heterocycles. The number of hydrogen-bond donors (Lipinski definition) is 2. The van der Waals surface area contributed by atoms with E-state index in [1.807, 2.05) is 6.92 Å². The highest BCUT2D eigenvalue weighted by Crippen LogP contribution is 2.24. The van der Waals surface area contributed by atoms with Gasteiger partial charge >= 0.3 is 5.97 Å². The van der Waals surface area contributed by atoms with Gasteiger partial charge < -0.3 is 20.3 Å². The van der Waals surface area contributed by atoms with Gasteiger partial charge in [0, 0.05) is 39.1 Å². The summed E-state index contributed by atoms with van der Waals surface area (Å²) < 4.78 is 4.86. The molecule has 1 aliphatic carbocycles. The Labute approximate surface area is 144 Å². The summed E-state index contributed by atoms with van der Waals surface area (Å²) in [6.07, 6.45) is 5.05. The second-order valence-corrected chi connectivity index (χ2v) is 6.78. The Kier molecular flexibility index (Phi) is 6.87. The molecule has 0 radical (unpaired) electrons. The second kappa shape index (κ2) is 8.89. The van der Waals surface area contributed by atoms with Crippen molar-refractivity contribution in [3.8, 4) is 0 Å². The van der Waals surface area contributed by atoms with E-state index >= 15 is 0 Å². The van der Waals surface area contributed by atoms with Gasteiger partial charge in [-0.05, 0) is 18.8 Å². The van der Waals surface area contributed by atoms with Crippen LogP contribution in [0.15, 0.2) is 4.99 Å². The van der Waals surface area contributed by atoms with Crippen LogP contribution in [0.3, 0.4) is 0 Å². The van der Waals surface area contributed by atoms with Gasteiger partial charge in [-0.2, -0.15) is 0 Å². The summed E-state index contributed by atoms with van der Waals surface area (Å²) >= 11 is 0. The first kappa shape index (κ1) is 18.5. The number of rotatable bonds is 5. The van der Waals surface area contributed by atoms with E-state index in [1.165, 1.54) is 20.0 Å². The zero-order valence-electron chi connectivity index (χ0n) is 15.0. The Morgan fingerprint density at radius 3 is 2.58 bits per heavy atom. The minimum Gasteiger partial charge on any atom is -0.469 e. The van der Waals surface area contributed by atoms with Crippen LogP contribution in [-0.4, -0.2) is 62.6 Å². The van der Waals surface area contributed by atoms with Crippen molar-refractivity contribution in [2.45, 2.75) is 45.1 Å². The summed E-state index contributed by atoms with van der Waals surface area (Å²) in [5.74, 6) is 0.756. The van der Waals surface area contributed by atoms with Crippen LogP contribution in [0.1, 0.15) is 39.0 Å². The van der Waals surface area contributed by atoms with E-state index in [9.17, 15) is 9.59 Å². The summed E-state index contributed by atoms with van der Waals surface area (Å²) in [6.45, 7) is 3.94. The summed E-state index contributed by atoms with van der Waals surface area (Å²) in [5.41, 5.74) is 0. The van der Waals surface area contributed by atoms with Gasteiger partial charge in [-0.25, -0.2) is 0 Å². The summed E-state index contributed by atoms with van der Waals surface area (Å²) in [4.78, 5) is 30.1. The first-order chi connectivity index (χ1) is 11.5. The largest absolute Gasteiger partial charge is 0.469 e. The molecule has 7 heteroatoms. The average molecular weight is 338 g/mol. The topological polar surface area (TPSA) is 83.0 Å². The first-order valence-electron chi connectivity index (χ1n) is 8.88. The van der Waals surface area contributed by atoms with E-state index in [4.69, 9.17) is 4.74 Å². The molecule has 2 atom stereocenters. The fourth-order valence-electron chi connectivity index (χ4n) is 3.59. The van der Waals surface area contributed by atoms with E-state index in [0.29, 0.717) is 25.6 Å². The van der Waals surface area contributed by atoms with E-state index in [0.717, 1.165) is 25.3 Å². The van der Waals surface area contributed by atoms with E-state index < -0.39 is 0 Å². The van der Waals surface area contributed by atoms with Crippen LogP contribution < -0.4 is 10.6 Å². The number of carbonyl (C=O) groups excluding carboxylic acids is 2. The lowest BCUT2D eigenvalue weighted by molar-refractivity contribution is -0.146. The molecule has 1 saturated carbocycles. The number of aliphatic imine (C=N–C) groups is 1. The van der Waals surface area contributed by atoms with Gasteiger partial charge in [0.1, 0.15) is 0 Å². The van der Waals surface area contributed by atoms with Crippen molar-refractivity contribution < 1.29 is 14.3 Å². The van der Waals surface area contributed by atoms with Gasteiger partial charge in [-0.3, -0.25) is 14.6 Å². The summed E-state index contributed by atoms with van der Waals surface area (Å²) in [5, 5.41) is 6.31. The van der Waals surface area contributed by atoms with Crippen molar-refractivity contribution in [2.24, 2.45) is 16.8 Å². The number of nitrogens with one attached hydrogen (secondary N) is 2. The minimum atomic E-state index is -0.170. The summed E-state index contributed by atoms with van der Waals surface area (Å²) in [7, 11) is 3.14. The fourth-order valence-corrected chi connectivity index (χ4v) is 3.59. The highest BCUT2D eigenvalue weighted by molar-refractivity contribution is 5.83. The Hall–Kier alpha value is -1.79. The smallest absolute Gasteiger partial charge is 0.310 e. The maximum absolute atomic E-state index is 12.0. The Morgan fingerprint density at radius 2 is 1.96 bits per heavy atom. The normalized spacial score (nSPS) is 25.0.